The Morgan fingerprint density at radius 2 is 1.39 bits per heavy atom. The summed E-state index contributed by atoms with van der Waals surface area (Å²) in [6.07, 6.45) is 11.7. The highest BCUT2D eigenvalue weighted by Gasteiger charge is 2.35. The maximum Gasteiger partial charge on any atom is 0.134 e. The molecule has 3 aliphatic rings. The van der Waals surface area contributed by atoms with E-state index in [1.807, 2.05) is 11.8 Å². The predicted molar refractivity (Wildman–Crippen MR) is 98.5 cm³/mol. The van der Waals surface area contributed by atoms with Crippen LogP contribution < -0.4 is 9.80 Å². The largest absolute Gasteiger partial charge is 0.356 e. The van der Waals surface area contributed by atoms with Crippen LogP contribution in [0.1, 0.15) is 44.9 Å². The van der Waals surface area contributed by atoms with Gasteiger partial charge in [-0.15, -0.1) is 0 Å². The third-order valence-corrected chi connectivity index (χ3v) is 6.98. The van der Waals surface area contributed by atoms with Gasteiger partial charge < -0.3 is 9.80 Å². The second-order valence-corrected chi connectivity index (χ2v) is 8.61. The van der Waals surface area contributed by atoms with Gasteiger partial charge in [0.2, 0.25) is 0 Å². The summed E-state index contributed by atoms with van der Waals surface area (Å²) in [6, 6.07) is 2.22. The monoisotopic (exact) mass is 332 g/mol. The van der Waals surface area contributed by atoms with Gasteiger partial charge >= 0.3 is 0 Å². The first-order valence-electron chi connectivity index (χ1n) is 9.24. The van der Waals surface area contributed by atoms with Crippen molar-refractivity contribution in [2.75, 3.05) is 47.5 Å². The Balaban J connectivity index is 1.42. The molecule has 0 amide bonds. The zero-order chi connectivity index (χ0) is 15.5. The van der Waals surface area contributed by atoms with E-state index in [4.69, 9.17) is 0 Å². The summed E-state index contributed by atoms with van der Waals surface area (Å²) < 4.78 is 0. The van der Waals surface area contributed by atoms with Gasteiger partial charge in [0.15, 0.2) is 0 Å². The molecule has 5 heteroatoms. The molecule has 4 nitrogen and oxygen atoms in total. The van der Waals surface area contributed by atoms with Crippen molar-refractivity contribution in [2.24, 2.45) is 5.41 Å². The summed E-state index contributed by atoms with van der Waals surface area (Å²) in [7, 11) is 0. The molecule has 1 aromatic rings. The van der Waals surface area contributed by atoms with Crippen molar-refractivity contribution in [1.82, 2.24) is 9.97 Å². The average Bonchev–Trinajstić information content (AvgIpc) is 2.64. The van der Waals surface area contributed by atoms with Gasteiger partial charge in [-0.2, -0.15) is 11.8 Å². The first-order valence-corrected chi connectivity index (χ1v) is 10.4. The van der Waals surface area contributed by atoms with E-state index < -0.39 is 0 Å². The molecule has 4 rings (SSSR count). The van der Waals surface area contributed by atoms with Crippen molar-refractivity contribution in [2.45, 2.75) is 44.9 Å². The Hall–Kier alpha value is -0.970. The average molecular weight is 333 g/mol. The third kappa shape index (κ3) is 3.44. The SMILES string of the molecule is c1nc(N2CCSCC2)cc(N2CCC3(CCCCC3)CC2)n1. The van der Waals surface area contributed by atoms with Gasteiger partial charge in [0.05, 0.1) is 0 Å². The van der Waals surface area contributed by atoms with Crippen LogP contribution in [0.15, 0.2) is 12.4 Å². The van der Waals surface area contributed by atoms with E-state index in [-0.39, 0.29) is 0 Å². The van der Waals surface area contributed by atoms with Crippen molar-refractivity contribution in [3.63, 3.8) is 0 Å². The van der Waals surface area contributed by atoms with Crippen LogP contribution in [0, 0.1) is 5.41 Å². The number of rotatable bonds is 2. The molecule has 3 fully saturated rings. The van der Waals surface area contributed by atoms with E-state index in [0.29, 0.717) is 5.41 Å². The van der Waals surface area contributed by atoms with Gasteiger partial charge in [-0.25, -0.2) is 9.97 Å². The van der Waals surface area contributed by atoms with Crippen molar-refractivity contribution >= 4 is 23.4 Å². The second-order valence-electron chi connectivity index (χ2n) is 7.38. The molecule has 0 bridgehead atoms. The number of piperidine rings is 1. The molecular formula is C18H28N4S. The second kappa shape index (κ2) is 6.88. The van der Waals surface area contributed by atoms with Gasteiger partial charge in [0.1, 0.15) is 18.0 Å². The van der Waals surface area contributed by atoms with Crippen molar-refractivity contribution in [1.29, 1.82) is 0 Å². The quantitative estimate of drug-likeness (QED) is 0.826. The molecule has 1 spiro atoms. The van der Waals surface area contributed by atoms with Crippen LogP contribution in [0.2, 0.25) is 0 Å². The molecule has 0 aromatic carbocycles. The lowest BCUT2D eigenvalue weighted by atomic mass is 9.68. The molecule has 1 aromatic heterocycles. The highest BCUT2D eigenvalue weighted by atomic mass is 32.2. The Morgan fingerprint density at radius 3 is 2.04 bits per heavy atom. The van der Waals surface area contributed by atoms with Crippen LogP contribution in [0.5, 0.6) is 0 Å². The van der Waals surface area contributed by atoms with Crippen LogP contribution in [0.4, 0.5) is 11.6 Å². The molecule has 0 N–H and O–H groups in total. The van der Waals surface area contributed by atoms with Crippen LogP contribution >= 0.6 is 11.8 Å². The molecule has 3 heterocycles. The van der Waals surface area contributed by atoms with Gasteiger partial charge in [0, 0.05) is 43.8 Å². The normalized spacial score (nSPS) is 24.9. The summed E-state index contributed by atoms with van der Waals surface area (Å²) in [6.45, 7) is 4.58. The summed E-state index contributed by atoms with van der Waals surface area (Å²) >= 11 is 2.04. The topological polar surface area (TPSA) is 32.3 Å². The highest BCUT2D eigenvalue weighted by molar-refractivity contribution is 7.99. The number of hydrogen-bond acceptors (Lipinski definition) is 5. The minimum Gasteiger partial charge on any atom is -0.356 e. The zero-order valence-corrected chi connectivity index (χ0v) is 14.9. The lowest BCUT2D eigenvalue weighted by molar-refractivity contribution is 0.144. The van der Waals surface area contributed by atoms with E-state index in [2.05, 4.69) is 25.8 Å². The van der Waals surface area contributed by atoms with Gasteiger partial charge in [-0.1, -0.05) is 19.3 Å². The number of hydrogen-bond donors (Lipinski definition) is 0. The summed E-state index contributed by atoms with van der Waals surface area (Å²) in [5.74, 6) is 4.68. The van der Waals surface area contributed by atoms with E-state index in [1.54, 1.807) is 6.33 Å². The maximum atomic E-state index is 4.57. The summed E-state index contributed by atoms with van der Waals surface area (Å²) in [4.78, 5) is 14.0. The van der Waals surface area contributed by atoms with Crippen LogP contribution in [0.25, 0.3) is 0 Å². The number of aromatic nitrogens is 2. The molecule has 1 aliphatic carbocycles. The molecule has 23 heavy (non-hydrogen) atoms. The lowest BCUT2D eigenvalue weighted by Crippen LogP contribution is -2.41. The van der Waals surface area contributed by atoms with Crippen molar-refractivity contribution < 1.29 is 0 Å². The predicted octanol–water partition coefficient (Wildman–Crippen LogP) is 3.58. The minimum atomic E-state index is 0.661. The Morgan fingerprint density at radius 1 is 0.783 bits per heavy atom. The summed E-state index contributed by atoms with van der Waals surface area (Å²) in [5, 5.41) is 0. The minimum absolute atomic E-state index is 0.661. The number of anilines is 2. The Labute approximate surface area is 144 Å². The molecule has 2 aliphatic heterocycles. The molecule has 126 valence electrons. The van der Waals surface area contributed by atoms with Gasteiger partial charge in [-0.05, 0) is 31.1 Å². The Kier molecular flexibility index (Phi) is 4.65. The zero-order valence-electron chi connectivity index (χ0n) is 14.0. The smallest absolute Gasteiger partial charge is 0.134 e. The first kappa shape index (κ1) is 15.6. The fraction of sp³-hybridized carbons (Fsp3) is 0.778. The third-order valence-electron chi connectivity index (χ3n) is 6.04. The van der Waals surface area contributed by atoms with E-state index >= 15 is 0 Å². The molecular weight excluding hydrogens is 304 g/mol. The van der Waals surface area contributed by atoms with E-state index in [9.17, 15) is 0 Å². The van der Waals surface area contributed by atoms with Crippen LogP contribution in [0.3, 0.4) is 0 Å². The van der Waals surface area contributed by atoms with E-state index in [1.165, 1.54) is 69.5 Å². The fourth-order valence-corrected chi connectivity index (χ4v) is 5.39. The first-order chi connectivity index (χ1) is 11.3. The lowest BCUT2D eigenvalue weighted by Gasteiger charge is -2.44. The molecule has 1 saturated carbocycles. The van der Waals surface area contributed by atoms with Crippen molar-refractivity contribution in [3.05, 3.63) is 12.4 Å². The molecule has 0 unspecified atom stereocenters. The van der Waals surface area contributed by atoms with E-state index in [0.717, 1.165) is 24.7 Å². The number of nitrogens with zero attached hydrogens (tertiary/aromatic N) is 4. The molecule has 0 radical (unpaired) electrons. The number of thioether (sulfide) groups is 1. The van der Waals surface area contributed by atoms with Crippen LogP contribution in [-0.4, -0.2) is 47.7 Å². The van der Waals surface area contributed by atoms with Gasteiger partial charge in [0.25, 0.3) is 0 Å². The molecule has 2 saturated heterocycles. The summed E-state index contributed by atoms with van der Waals surface area (Å²) in [5.41, 5.74) is 0.661. The molecule has 0 atom stereocenters. The fourth-order valence-electron chi connectivity index (χ4n) is 4.49. The van der Waals surface area contributed by atoms with Crippen molar-refractivity contribution in [3.8, 4) is 0 Å². The highest BCUT2D eigenvalue weighted by Crippen LogP contribution is 2.45. The van der Waals surface area contributed by atoms with Gasteiger partial charge in [-0.3, -0.25) is 0 Å². The Bertz CT molecular complexity index is 514. The maximum absolute atomic E-state index is 4.57. The van der Waals surface area contributed by atoms with Crippen LogP contribution in [-0.2, 0) is 0 Å². The standard InChI is InChI=1S/C18H28N4S/c1-2-4-18(5-3-1)6-8-21(9-7-18)16-14-17(20-15-19-16)22-10-12-23-13-11-22/h14-15H,1-13H2.